The number of hydrogen-bond acceptors (Lipinski definition) is 3. The minimum atomic E-state index is -4.31. The fourth-order valence-electron chi connectivity index (χ4n) is 1.69. The fourth-order valence-corrected chi connectivity index (χ4v) is 1.69. The standard InChI is InChI=1S/C13H13F3N2O/c1-9-5-12(18-19-9)8-17-7-10-3-2-4-11(6-10)13(14,15)16/h2-6,17H,7-8H2,1H3. The van der Waals surface area contributed by atoms with E-state index in [0.29, 0.717) is 24.4 Å². The molecule has 102 valence electrons. The van der Waals surface area contributed by atoms with Crippen molar-refractivity contribution in [3.63, 3.8) is 0 Å². The maximum Gasteiger partial charge on any atom is 0.416 e. The second-order valence-corrected chi connectivity index (χ2v) is 4.23. The number of benzene rings is 1. The van der Waals surface area contributed by atoms with Crippen LogP contribution in [0.1, 0.15) is 22.6 Å². The lowest BCUT2D eigenvalue weighted by Gasteiger charge is -2.09. The smallest absolute Gasteiger partial charge is 0.361 e. The van der Waals surface area contributed by atoms with Crippen molar-refractivity contribution in [3.05, 3.63) is 52.9 Å². The Hall–Kier alpha value is -1.82. The summed E-state index contributed by atoms with van der Waals surface area (Å²) in [5.74, 6) is 0.705. The molecule has 0 saturated heterocycles. The van der Waals surface area contributed by atoms with Crippen molar-refractivity contribution in [1.29, 1.82) is 0 Å². The van der Waals surface area contributed by atoms with Gasteiger partial charge in [0.05, 0.1) is 11.3 Å². The third-order valence-corrected chi connectivity index (χ3v) is 2.57. The van der Waals surface area contributed by atoms with Crippen molar-refractivity contribution in [3.8, 4) is 0 Å². The minimum absolute atomic E-state index is 0.343. The van der Waals surface area contributed by atoms with E-state index in [-0.39, 0.29) is 0 Å². The van der Waals surface area contributed by atoms with Crippen LogP contribution < -0.4 is 5.32 Å². The van der Waals surface area contributed by atoms with E-state index in [0.717, 1.165) is 17.8 Å². The van der Waals surface area contributed by atoms with E-state index in [4.69, 9.17) is 4.52 Å². The molecule has 0 saturated carbocycles. The van der Waals surface area contributed by atoms with Gasteiger partial charge in [0.2, 0.25) is 0 Å². The molecular weight excluding hydrogens is 257 g/mol. The highest BCUT2D eigenvalue weighted by molar-refractivity contribution is 5.25. The molecule has 0 unspecified atom stereocenters. The number of aryl methyl sites for hydroxylation is 1. The van der Waals surface area contributed by atoms with Crippen LogP contribution in [0.3, 0.4) is 0 Å². The van der Waals surface area contributed by atoms with E-state index < -0.39 is 11.7 Å². The van der Waals surface area contributed by atoms with Crippen LogP contribution in [0.4, 0.5) is 13.2 Å². The molecular formula is C13H13F3N2O. The summed E-state index contributed by atoms with van der Waals surface area (Å²) in [4.78, 5) is 0. The Morgan fingerprint density at radius 2 is 2.00 bits per heavy atom. The van der Waals surface area contributed by atoms with Crippen LogP contribution in [0.25, 0.3) is 0 Å². The Bertz CT molecular complexity index is 549. The molecule has 0 atom stereocenters. The van der Waals surface area contributed by atoms with Crippen molar-refractivity contribution >= 4 is 0 Å². The summed E-state index contributed by atoms with van der Waals surface area (Å²) in [6.07, 6.45) is -4.31. The number of nitrogens with zero attached hydrogens (tertiary/aromatic N) is 1. The molecule has 0 bridgehead atoms. The summed E-state index contributed by atoms with van der Waals surface area (Å²) >= 11 is 0. The zero-order valence-electron chi connectivity index (χ0n) is 10.3. The lowest BCUT2D eigenvalue weighted by atomic mass is 10.1. The predicted octanol–water partition coefficient (Wildman–Crippen LogP) is 3.29. The van der Waals surface area contributed by atoms with Gasteiger partial charge in [-0.2, -0.15) is 13.2 Å². The number of aromatic nitrogens is 1. The van der Waals surface area contributed by atoms with Gasteiger partial charge in [-0.1, -0.05) is 23.4 Å². The first-order valence-corrected chi connectivity index (χ1v) is 5.74. The molecule has 0 fully saturated rings. The highest BCUT2D eigenvalue weighted by Crippen LogP contribution is 2.29. The van der Waals surface area contributed by atoms with Gasteiger partial charge in [-0.05, 0) is 18.6 Å². The molecule has 0 aliphatic rings. The second-order valence-electron chi connectivity index (χ2n) is 4.23. The largest absolute Gasteiger partial charge is 0.416 e. The number of rotatable bonds is 4. The molecule has 1 aromatic heterocycles. The van der Waals surface area contributed by atoms with Crippen molar-refractivity contribution in [2.45, 2.75) is 26.2 Å². The molecule has 3 nitrogen and oxygen atoms in total. The van der Waals surface area contributed by atoms with Crippen molar-refractivity contribution in [1.82, 2.24) is 10.5 Å². The lowest BCUT2D eigenvalue weighted by Crippen LogP contribution is -2.14. The van der Waals surface area contributed by atoms with E-state index in [9.17, 15) is 13.2 Å². The molecule has 0 radical (unpaired) electrons. The average Bonchev–Trinajstić information content (AvgIpc) is 2.74. The molecule has 1 N–H and O–H groups in total. The first kappa shape index (κ1) is 13.6. The van der Waals surface area contributed by atoms with E-state index in [1.54, 1.807) is 19.1 Å². The van der Waals surface area contributed by atoms with Crippen LogP contribution >= 0.6 is 0 Å². The first-order chi connectivity index (χ1) is 8.95. The summed E-state index contributed by atoms with van der Waals surface area (Å²) in [6, 6.07) is 7.03. The molecule has 6 heteroatoms. The molecule has 0 spiro atoms. The molecule has 0 amide bonds. The van der Waals surface area contributed by atoms with Gasteiger partial charge in [0.1, 0.15) is 5.76 Å². The van der Waals surface area contributed by atoms with Crippen LogP contribution in [0.2, 0.25) is 0 Å². The van der Waals surface area contributed by atoms with Gasteiger partial charge in [-0.25, -0.2) is 0 Å². The fraction of sp³-hybridized carbons (Fsp3) is 0.308. The Morgan fingerprint density at radius 3 is 2.63 bits per heavy atom. The van der Waals surface area contributed by atoms with Crippen molar-refractivity contribution in [2.75, 3.05) is 0 Å². The SMILES string of the molecule is Cc1cc(CNCc2cccc(C(F)(F)F)c2)no1. The quantitative estimate of drug-likeness (QED) is 0.926. The van der Waals surface area contributed by atoms with Crippen molar-refractivity contribution < 1.29 is 17.7 Å². The monoisotopic (exact) mass is 270 g/mol. The summed E-state index contributed by atoms with van der Waals surface area (Å²) in [5.41, 5.74) is 0.670. The van der Waals surface area contributed by atoms with Crippen LogP contribution in [0.15, 0.2) is 34.9 Å². The summed E-state index contributed by atoms with van der Waals surface area (Å²) in [5, 5.41) is 6.81. The Balaban J connectivity index is 1.93. The predicted molar refractivity (Wildman–Crippen MR) is 63.2 cm³/mol. The second kappa shape index (κ2) is 5.44. The number of halogens is 3. The topological polar surface area (TPSA) is 38.1 Å². The highest BCUT2D eigenvalue weighted by atomic mass is 19.4. The van der Waals surface area contributed by atoms with E-state index in [1.807, 2.05) is 0 Å². The number of hydrogen-bond donors (Lipinski definition) is 1. The number of nitrogens with one attached hydrogen (secondary N) is 1. The van der Waals surface area contributed by atoms with Gasteiger partial charge >= 0.3 is 6.18 Å². The average molecular weight is 270 g/mol. The zero-order chi connectivity index (χ0) is 13.9. The van der Waals surface area contributed by atoms with Gasteiger partial charge in [0, 0.05) is 19.2 Å². The number of alkyl halides is 3. The molecule has 0 aliphatic heterocycles. The highest BCUT2D eigenvalue weighted by Gasteiger charge is 2.30. The van der Waals surface area contributed by atoms with Gasteiger partial charge in [0.15, 0.2) is 0 Å². The minimum Gasteiger partial charge on any atom is -0.361 e. The van der Waals surface area contributed by atoms with Crippen LogP contribution in [0, 0.1) is 6.92 Å². The normalized spacial score (nSPS) is 11.8. The van der Waals surface area contributed by atoms with Crippen LogP contribution in [0.5, 0.6) is 0 Å². The van der Waals surface area contributed by atoms with E-state index in [1.165, 1.54) is 6.07 Å². The Kier molecular flexibility index (Phi) is 3.90. The summed E-state index contributed by atoms with van der Waals surface area (Å²) in [6.45, 7) is 2.58. The third-order valence-electron chi connectivity index (χ3n) is 2.57. The molecule has 0 aliphatic carbocycles. The molecule has 2 aromatic rings. The molecule has 19 heavy (non-hydrogen) atoms. The summed E-state index contributed by atoms with van der Waals surface area (Å²) < 4.78 is 42.4. The van der Waals surface area contributed by atoms with E-state index in [2.05, 4.69) is 10.5 Å². The van der Waals surface area contributed by atoms with Gasteiger partial charge < -0.3 is 9.84 Å². The van der Waals surface area contributed by atoms with Crippen molar-refractivity contribution in [2.24, 2.45) is 0 Å². The first-order valence-electron chi connectivity index (χ1n) is 5.74. The van der Waals surface area contributed by atoms with Crippen LogP contribution in [-0.2, 0) is 19.3 Å². The Labute approximate surface area is 108 Å². The third kappa shape index (κ3) is 3.82. The molecule has 1 aromatic carbocycles. The van der Waals surface area contributed by atoms with E-state index >= 15 is 0 Å². The van der Waals surface area contributed by atoms with Gasteiger partial charge in [-0.3, -0.25) is 0 Å². The van der Waals surface area contributed by atoms with Gasteiger partial charge in [-0.15, -0.1) is 0 Å². The lowest BCUT2D eigenvalue weighted by molar-refractivity contribution is -0.137. The maximum absolute atomic E-state index is 12.5. The van der Waals surface area contributed by atoms with Gasteiger partial charge in [0.25, 0.3) is 0 Å². The zero-order valence-corrected chi connectivity index (χ0v) is 10.3. The van der Waals surface area contributed by atoms with Crippen LogP contribution in [-0.4, -0.2) is 5.16 Å². The maximum atomic E-state index is 12.5. The molecule has 1 heterocycles. The summed E-state index contributed by atoms with van der Waals surface area (Å²) in [7, 11) is 0. The molecule has 2 rings (SSSR count). The Morgan fingerprint density at radius 1 is 1.21 bits per heavy atom.